The van der Waals surface area contributed by atoms with Gasteiger partial charge in [-0.05, 0) is 31.2 Å². The SMILES string of the molecule is CCN(CC(=O)Nc1cccc(OC)c1)C(=O)c1ccc(Cl)c([N+](=O)[O-])c1. The average molecular weight is 392 g/mol. The first-order valence-corrected chi connectivity index (χ1v) is 8.40. The number of likely N-dealkylation sites (N-methyl/N-ethyl adjacent to an activating group) is 1. The zero-order chi connectivity index (χ0) is 20.0. The van der Waals surface area contributed by atoms with Gasteiger partial charge in [0.15, 0.2) is 0 Å². The van der Waals surface area contributed by atoms with Crippen LogP contribution < -0.4 is 10.1 Å². The maximum Gasteiger partial charge on any atom is 0.288 e. The fourth-order valence-corrected chi connectivity index (χ4v) is 2.56. The van der Waals surface area contributed by atoms with Gasteiger partial charge in [-0.15, -0.1) is 0 Å². The van der Waals surface area contributed by atoms with Gasteiger partial charge in [0.05, 0.1) is 12.0 Å². The molecule has 9 heteroatoms. The minimum atomic E-state index is -0.662. The summed E-state index contributed by atoms with van der Waals surface area (Å²) in [5.41, 5.74) is 0.256. The maximum atomic E-state index is 12.6. The summed E-state index contributed by atoms with van der Waals surface area (Å²) in [4.78, 5) is 36.5. The van der Waals surface area contributed by atoms with Crippen LogP contribution in [-0.2, 0) is 4.79 Å². The number of nitrogens with one attached hydrogen (secondary N) is 1. The molecule has 0 bridgehead atoms. The Balaban J connectivity index is 2.11. The van der Waals surface area contributed by atoms with Crippen LogP contribution in [0.5, 0.6) is 5.75 Å². The van der Waals surface area contributed by atoms with E-state index in [2.05, 4.69) is 5.32 Å². The van der Waals surface area contributed by atoms with Gasteiger partial charge in [0.2, 0.25) is 5.91 Å². The molecule has 2 aromatic carbocycles. The number of nitrogens with zero attached hydrogens (tertiary/aromatic N) is 2. The van der Waals surface area contributed by atoms with Crippen LogP contribution in [0.3, 0.4) is 0 Å². The highest BCUT2D eigenvalue weighted by Gasteiger charge is 2.21. The van der Waals surface area contributed by atoms with E-state index in [4.69, 9.17) is 16.3 Å². The molecule has 0 fully saturated rings. The predicted octanol–water partition coefficient (Wildman–Crippen LogP) is 3.36. The third-order valence-electron chi connectivity index (χ3n) is 3.75. The quantitative estimate of drug-likeness (QED) is 0.576. The number of hydrogen-bond donors (Lipinski definition) is 1. The Morgan fingerprint density at radius 2 is 2.00 bits per heavy atom. The minimum absolute atomic E-state index is 0.0598. The van der Waals surface area contributed by atoms with E-state index in [1.165, 1.54) is 24.1 Å². The lowest BCUT2D eigenvalue weighted by Crippen LogP contribution is -2.37. The van der Waals surface area contributed by atoms with Crippen LogP contribution >= 0.6 is 11.6 Å². The van der Waals surface area contributed by atoms with Crippen molar-refractivity contribution in [2.75, 3.05) is 25.5 Å². The zero-order valence-corrected chi connectivity index (χ0v) is 15.5. The van der Waals surface area contributed by atoms with Crippen molar-refractivity contribution in [3.05, 3.63) is 63.2 Å². The summed E-state index contributed by atoms with van der Waals surface area (Å²) in [7, 11) is 1.52. The molecule has 2 rings (SSSR count). The molecule has 0 saturated heterocycles. The number of methoxy groups -OCH3 is 1. The first kappa shape index (κ1) is 20.2. The second-order valence-corrected chi connectivity index (χ2v) is 5.93. The summed E-state index contributed by atoms with van der Waals surface area (Å²) in [5.74, 6) is -0.315. The number of amides is 2. The van der Waals surface area contributed by atoms with Gasteiger partial charge in [-0.3, -0.25) is 19.7 Å². The van der Waals surface area contributed by atoms with Crippen LogP contribution in [0.1, 0.15) is 17.3 Å². The Morgan fingerprint density at radius 1 is 1.26 bits per heavy atom. The van der Waals surface area contributed by atoms with Gasteiger partial charge in [0.1, 0.15) is 17.3 Å². The van der Waals surface area contributed by atoms with Crippen molar-refractivity contribution in [3.63, 3.8) is 0 Å². The standard InChI is InChI=1S/C18H18ClN3O5/c1-3-21(11-17(23)20-13-5-4-6-14(10-13)27-2)18(24)12-7-8-15(19)16(9-12)22(25)26/h4-10H,3,11H2,1-2H3,(H,20,23). The van der Waals surface area contributed by atoms with Crippen molar-refractivity contribution in [3.8, 4) is 5.75 Å². The number of ether oxygens (including phenoxy) is 1. The van der Waals surface area contributed by atoms with E-state index in [0.717, 1.165) is 6.07 Å². The number of anilines is 1. The molecule has 1 N–H and O–H groups in total. The van der Waals surface area contributed by atoms with Crippen LogP contribution in [0.15, 0.2) is 42.5 Å². The molecule has 2 amide bonds. The van der Waals surface area contributed by atoms with Gasteiger partial charge in [0, 0.05) is 29.9 Å². The third kappa shape index (κ3) is 5.18. The molecule has 0 aliphatic carbocycles. The maximum absolute atomic E-state index is 12.6. The number of benzene rings is 2. The highest BCUT2D eigenvalue weighted by Crippen LogP contribution is 2.25. The van der Waals surface area contributed by atoms with Crippen molar-refractivity contribution in [1.82, 2.24) is 4.90 Å². The Morgan fingerprint density at radius 3 is 2.63 bits per heavy atom. The molecular weight excluding hydrogens is 374 g/mol. The zero-order valence-electron chi connectivity index (χ0n) is 14.8. The van der Waals surface area contributed by atoms with E-state index < -0.39 is 16.7 Å². The number of nitro groups is 1. The molecule has 27 heavy (non-hydrogen) atoms. The molecule has 0 aliphatic heterocycles. The second-order valence-electron chi connectivity index (χ2n) is 5.52. The number of carbonyl (C=O) groups excluding carboxylic acids is 2. The molecule has 8 nitrogen and oxygen atoms in total. The highest BCUT2D eigenvalue weighted by atomic mass is 35.5. The normalized spacial score (nSPS) is 10.2. The molecule has 0 heterocycles. The van der Waals surface area contributed by atoms with Crippen LogP contribution in [0.4, 0.5) is 11.4 Å². The van der Waals surface area contributed by atoms with E-state index in [1.54, 1.807) is 31.2 Å². The second kappa shape index (κ2) is 9.00. The van der Waals surface area contributed by atoms with Gasteiger partial charge < -0.3 is 15.0 Å². The molecule has 0 radical (unpaired) electrons. The van der Waals surface area contributed by atoms with Crippen molar-refractivity contribution >= 4 is 34.8 Å². The summed E-state index contributed by atoms with van der Waals surface area (Å²) in [6, 6.07) is 10.6. The smallest absolute Gasteiger partial charge is 0.288 e. The molecule has 0 unspecified atom stereocenters. The lowest BCUT2D eigenvalue weighted by Gasteiger charge is -2.20. The molecule has 0 aliphatic rings. The average Bonchev–Trinajstić information content (AvgIpc) is 2.65. The topological polar surface area (TPSA) is 102 Å². The lowest BCUT2D eigenvalue weighted by atomic mass is 10.1. The molecule has 0 spiro atoms. The van der Waals surface area contributed by atoms with Crippen molar-refractivity contribution in [2.24, 2.45) is 0 Å². The summed E-state index contributed by atoms with van der Waals surface area (Å²) in [6.07, 6.45) is 0. The van der Waals surface area contributed by atoms with E-state index >= 15 is 0 Å². The van der Waals surface area contributed by atoms with Crippen LogP contribution in [-0.4, -0.2) is 41.8 Å². The van der Waals surface area contributed by atoms with Gasteiger partial charge in [-0.25, -0.2) is 0 Å². The number of nitro benzene ring substituents is 1. The fourth-order valence-electron chi connectivity index (χ4n) is 2.37. The molecular formula is C18H18ClN3O5. The van der Waals surface area contributed by atoms with Crippen LogP contribution in [0.2, 0.25) is 5.02 Å². The van der Waals surface area contributed by atoms with E-state index in [-0.39, 0.29) is 29.4 Å². The Kier molecular flexibility index (Phi) is 6.73. The van der Waals surface area contributed by atoms with Crippen molar-refractivity contribution in [2.45, 2.75) is 6.92 Å². The van der Waals surface area contributed by atoms with E-state index in [9.17, 15) is 19.7 Å². The Labute approximate surface area is 160 Å². The molecule has 142 valence electrons. The van der Waals surface area contributed by atoms with Gasteiger partial charge in [-0.1, -0.05) is 17.7 Å². The Bertz CT molecular complexity index is 872. The highest BCUT2D eigenvalue weighted by molar-refractivity contribution is 6.32. The predicted molar refractivity (Wildman–Crippen MR) is 101 cm³/mol. The molecule has 0 saturated carbocycles. The number of rotatable bonds is 7. The van der Waals surface area contributed by atoms with Crippen LogP contribution in [0, 0.1) is 10.1 Å². The fraction of sp³-hybridized carbons (Fsp3) is 0.222. The first-order valence-electron chi connectivity index (χ1n) is 8.02. The van der Waals surface area contributed by atoms with Gasteiger partial charge in [0.25, 0.3) is 11.6 Å². The largest absolute Gasteiger partial charge is 0.497 e. The first-order chi connectivity index (χ1) is 12.8. The van der Waals surface area contributed by atoms with E-state index in [1.807, 2.05) is 0 Å². The monoisotopic (exact) mass is 391 g/mol. The third-order valence-corrected chi connectivity index (χ3v) is 4.07. The molecule has 2 aromatic rings. The summed E-state index contributed by atoms with van der Waals surface area (Å²) < 4.78 is 5.09. The van der Waals surface area contributed by atoms with Gasteiger partial charge >= 0.3 is 0 Å². The number of carbonyl (C=O) groups is 2. The van der Waals surface area contributed by atoms with Crippen LogP contribution in [0.25, 0.3) is 0 Å². The molecule has 0 aromatic heterocycles. The summed E-state index contributed by atoms with van der Waals surface area (Å²) in [6.45, 7) is 1.75. The van der Waals surface area contributed by atoms with E-state index in [0.29, 0.717) is 11.4 Å². The lowest BCUT2D eigenvalue weighted by molar-refractivity contribution is -0.384. The van der Waals surface area contributed by atoms with Crippen molar-refractivity contribution in [1.29, 1.82) is 0 Å². The Hall–Kier alpha value is -3.13. The summed E-state index contributed by atoms with van der Waals surface area (Å²) in [5, 5.41) is 13.6. The number of halogens is 1. The molecule has 0 atom stereocenters. The van der Waals surface area contributed by atoms with Crippen molar-refractivity contribution < 1.29 is 19.2 Å². The number of hydrogen-bond acceptors (Lipinski definition) is 5. The van der Waals surface area contributed by atoms with Gasteiger partial charge in [-0.2, -0.15) is 0 Å². The summed E-state index contributed by atoms with van der Waals surface area (Å²) >= 11 is 5.77. The minimum Gasteiger partial charge on any atom is -0.497 e.